The molecule has 10 heteroatoms. The lowest BCUT2D eigenvalue weighted by Crippen LogP contribution is -2.50. The first-order valence-corrected chi connectivity index (χ1v) is 26.8. The molecule has 0 unspecified atom stereocenters. The Morgan fingerprint density at radius 2 is 1.41 bits per heavy atom. The first-order chi connectivity index (χ1) is 28.1. The number of hydrogen-bond donors (Lipinski definition) is 2. The third-order valence-electron chi connectivity index (χ3n) is 15.1. The minimum atomic E-state index is -0.589. The summed E-state index contributed by atoms with van der Waals surface area (Å²) in [5, 5.41) is 6.61. The van der Waals surface area contributed by atoms with E-state index >= 15 is 0 Å². The van der Waals surface area contributed by atoms with Crippen LogP contribution in [0.25, 0.3) is 0 Å². The number of amides is 3. The summed E-state index contributed by atoms with van der Waals surface area (Å²) in [4.78, 5) is 41.0. The molecule has 0 aliphatic heterocycles. The van der Waals surface area contributed by atoms with Gasteiger partial charge in [-0.25, -0.2) is 9.59 Å². The quantitative estimate of drug-likeness (QED) is 0.0757. The molecule has 8 nitrogen and oxygen atoms in total. The van der Waals surface area contributed by atoms with Crippen molar-refractivity contribution in [3.63, 3.8) is 0 Å². The Morgan fingerprint density at radius 3 is 2.02 bits per heavy atom. The van der Waals surface area contributed by atoms with Crippen LogP contribution in [0.3, 0.4) is 0 Å². The van der Waals surface area contributed by atoms with Gasteiger partial charge in [-0.1, -0.05) is 87.1 Å². The lowest BCUT2D eigenvalue weighted by Gasteiger charge is -2.58. The SMILES string of the molecule is CC(C)CCC[C@@H](C)[C@H]1CC[C@H]2[C@@H]3CC=C4C[C@@H](SSCCC(=O)N(CCCC(C)(C)NC(=O)OC(C)(C)C)CCC(C)(C)NC(=O)OC(C)(C)C)CC[C@]4(C)[C@H]3CC[C@]12C. The Kier molecular flexibility index (Phi) is 18.1. The maximum Gasteiger partial charge on any atom is 0.408 e. The number of ether oxygens (including phenoxy) is 2. The van der Waals surface area contributed by atoms with Gasteiger partial charge in [0.1, 0.15) is 11.2 Å². The zero-order valence-electron chi connectivity index (χ0n) is 41.7. The number of fused-ring (bicyclic) bond motifs is 5. The number of nitrogens with one attached hydrogen (secondary N) is 2. The molecule has 0 aromatic carbocycles. The third-order valence-corrected chi connectivity index (χ3v) is 18.0. The molecule has 352 valence electrons. The van der Waals surface area contributed by atoms with Gasteiger partial charge in [-0.05, 0) is 186 Å². The highest BCUT2D eigenvalue weighted by molar-refractivity contribution is 8.76. The number of hydrogen-bond acceptors (Lipinski definition) is 7. The minimum absolute atomic E-state index is 0.139. The van der Waals surface area contributed by atoms with Gasteiger partial charge in [0.25, 0.3) is 0 Å². The maximum absolute atomic E-state index is 13.9. The number of allylic oxidation sites excluding steroid dienone is 2. The van der Waals surface area contributed by atoms with Crippen molar-refractivity contribution in [2.24, 2.45) is 46.3 Å². The molecule has 8 atom stereocenters. The molecule has 0 heterocycles. The lowest BCUT2D eigenvalue weighted by molar-refractivity contribution is -0.131. The van der Waals surface area contributed by atoms with Crippen LogP contribution in [0.1, 0.15) is 200 Å². The Balaban J connectivity index is 1.30. The highest BCUT2D eigenvalue weighted by atomic mass is 33.1. The van der Waals surface area contributed by atoms with Crippen molar-refractivity contribution in [2.45, 2.75) is 228 Å². The van der Waals surface area contributed by atoms with E-state index in [1.807, 2.05) is 95.7 Å². The summed E-state index contributed by atoms with van der Waals surface area (Å²) in [6.07, 6.45) is 19.3. The number of alkyl carbamates (subject to hydrolysis) is 2. The van der Waals surface area contributed by atoms with Crippen LogP contribution < -0.4 is 10.6 Å². The van der Waals surface area contributed by atoms with Crippen LogP contribution in [0, 0.1) is 46.3 Å². The third kappa shape index (κ3) is 15.3. The van der Waals surface area contributed by atoms with Crippen molar-refractivity contribution in [3.05, 3.63) is 11.6 Å². The van der Waals surface area contributed by atoms with E-state index in [-0.39, 0.29) is 5.91 Å². The monoisotopic (exact) mass is 890 g/mol. The summed E-state index contributed by atoms with van der Waals surface area (Å²) >= 11 is 0. The molecule has 3 amide bonds. The average Bonchev–Trinajstić information content (AvgIpc) is 3.46. The molecule has 0 radical (unpaired) electrons. The van der Waals surface area contributed by atoms with Crippen molar-refractivity contribution in [3.8, 4) is 0 Å². The van der Waals surface area contributed by atoms with Gasteiger partial charge in [-0.15, -0.1) is 0 Å². The molecule has 0 bridgehead atoms. The second kappa shape index (κ2) is 21.2. The second-order valence-corrected chi connectivity index (χ2v) is 26.9. The highest BCUT2D eigenvalue weighted by Crippen LogP contribution is 2.67. The van der Waals surface area contributed by atoms with Crippen molar-refractivity contribution >= 4 is 39.7 Å². The average molecular weight is 890 g/mol. The van der Waals surface area contributed by atoms with Crippen LogP contribution in [0.2, 0.25) is 0 Å². The van der Waals surface area contributed by atoms with Crippen LogP contribution in [0.4, 0.5) is 9.59 Å². The van der Waals surface area contributed by atoms with Gasteiger partial charge >= 0.3 is 12.2 Å². The van der Waals surface area contributed by atoms with Crippen LogP contribution in [-0.2, 0) is 14.3 Å². The van der Waals surface area contributed by atoms with Crippen molar-refractivity contribution < 1.29 is 23.9 Å². The zero-order chi connectivity index (χ0) is 45.6. The number of nitrogens with zero attached hydrogens (tertiary/aromatic N) is 1. The van der Waals surface area contributed by atoms with Gasteiger partial charge in [-0.3, -0.25) is 4.79 Å². The Labute approximate surface area is 381 Å². The van der Waals surface area contributed by atoms with Crippen molar-refractivity contribution in [1.82, 2.24) is 15.5 Å². The molecular weight excluding hydrogens is 799 g/mol. The van der Waals surface area contributed by atoms with Gasteiger partial charge in [-0.2, -0.15) is 0 Å². The van der Waals surface area contributed by atoms with Gasteiger partial charge < -0.3 is 25.0 Å². The summed E-state index contributed by atoms with van der Waals surface area (Å²) in [7, 11) is 3.88. The number of carbonyl (C=O) groups excluding carboxylic acids is 3. The molecule has 0 aromatic heterocycles. The van der Waals surface area contributed by atoms with Crippen LogP contribution >= 0.6 is 21.6 Å². The van der Waals surface area contributed by atoms with E-state index in [4.69, 9.17) is 9.47 Å². The Hall–Kier alpha value is -1.55. The Bertz CT molecular complexity index is 1500. The topological polar surface area (TPSA) is 97.0 Å². The van der Waals surface area contributed by atoms with Crippen LogP contribution in [-0.4, -0.2) is 69.4 Å². The zero-order valence-corrected chi connectivity index (χ0v) is 43.3. The molecule has 4 aliphatic rings. The van der Waals surface area contributed by atoms with E-state index in [0.717, 1.165) is 47.7 Å². The predicted molar refractivity (Wildman–Crippen MR) is 259 cm³/mol. The van der Waals surface area contributed by atoms with Gasteiger partial charge in [0.15, 0.2) is 0 Å². The second-order valence-electron chi connectivity index (χ2n) is 24.1. The maximum atomic E-state index is 13.9. The summed E-state index contributed by atoms with van der Waals surface area (Å²) in [5.41, 5.74) is 0.410. The van der Waals surface area contributed by atoms with E-state index in [2.05, 4.69) is 51.3 Å². The van der Waals surface area contributed by atoms with Gasteiger partial charge in [0, 0.05) is 41.6 Å². The Morgan fingerprint density at radius 1 is 0.787 bits per heavy atom. The molecular formula is C51H91N3O5S2. The summed E-state index contributed by atoms with van der Waals surface area (Å²) in [5.74, 6) is 6.08. The first-order valence-electron chi connectivity index (χ1n) is 24.4. The fourth-order valence-corrected chi connectivity index (χ4v) is 14.6. The molecule has 0 saturated heterocycles. The van der Waals surface area contributed by atoms with Crippen molar-refractivity contribution in [1.29, 1.82) is 0 Å². The van der Waals surface area contributed by atoms with E-state index in [1.165, 1.54) is 70.6 Å². The van der Waals surface area contributed by atoms with Gasteiger partial charge in [0.05, 0.1) is 0 Å². The molecule has 4 rings (SSSR count). The molecule has 0 aromatic rings. The number of carbonyl (C=O) groups is 3. The van der Waals surface area contributed by atoms with Gasteiger partial charge in [0.2, 0.25) is 5.91 Å². The summed E-state index contributed by atoms with van der Waals surface area (Å²) in [6, 6.07) is 0. The molecule has 4 aliphatic carbocycles. The van der Waals surface area contributed by atoms with E-state index in [0.29, 0.717) is 48.4 Å². The molecule has 0 spiro atoms. The smallest absolute Gasteiger partial charge is 0.408 e. The molecule has 3 fully saturated rings. The number of rotatable bonds is 19. The van der Waals surface area contributed by atoms with Crippen LogP contribution in [0.15, 0.2) is 11.6 Å². The molecule has 61 heavy (non-hydrogen) atoms. The molecule has 2 N–H and O–H groups in total. The minimum Gasteiger partial charge on any atom is -0.444 e. The molecule has 3 saturated carbocycles. The first kappa shape index (κ1) is 52.1. The normalized spacial score (nSPS) is 28.5. The van der Waals surface area contributed by atoms with E-state index < -0.39 is 34.5 Å². The standard InChI is InChI=1S/C51H91N3O5S2/c1-35(2)18-16-19-36(3)40-22-23-41-39-21-20-37-34-38(24-28-50(37,14)42(39)25-29-51(40,41)15)61-60-33-26-43(55)54(32-30-49(12,13)53-45(57)59-47(7,8)9)31-17-27-48(10,11)52-44(56)58-46(4,5)6/h20,35-36,38-42H,16-19,21-34H2,1-15H3,(H,52,56)(H,53,57)/t36-,38+,39+,40-,41+,42+,50+,51-/m1/s1. The fourth-order valence-electron chi connectivity index (χ4n) is 11.9. The van der Waals surface area contributed by atoms with Crippen molar-refractivity contribution in [2.75, 3.05) is 18.8 Å². The fraction of sp³-hybridized carbons (Fsp3) is 0.902. The van der Waals surface area contributed by atoms with E-state index in [9.17, 15) is 14.4 Å². The summed E-state index contributed by atoms with van der Waals surface area (Å²) < 4.78 is 11.0. The summed E-state index contributed by atoms with van der Waals surface area (Å²) in [6.45, 7) is 32.8. The lowest BCUT2D eigenvalue weighted by atomic mass is 9.47. The largest absolute Gasteiger partial charge is 0.444 e. The highest BCUT2D eigenvalue weighted by Gasteiger charge is 2.59. The van der Waals surface area contributed by atoms with Crippen LogP contribution in [0.5, 0.6) is 0 Å². The van der Waals surface area contributed by atoms with E-state index in [1.54, 1.807) is 5.57 Å². The predicted octanol–water partition coefficient (Wildman–Crippen LogP) is 13.8.